The highest BCUT2D eigenvalue weighted by Crippen LogP contribution is 2.21. The number of amides is 1. The SMILES string of the molecule is CC[C@H](C)c1nc2ccc(Br)cc2c(=O)n1N=Cc1cccc(OCC(=O)Nc2ccc(C)cc2)c1. The summed E-state index contributed by atoms with van der Waals surface area (Å²) in [4.78, 5) is 30.3. The molecule has 36 heavy (non-hydrogen) atoms. The van der Waals surface area contributed by atoms with Gasteiger partial charge >= 0.3 is 0 Å². The van der Waals surface area contributed by atoms with Gasteiger partial charge in [-0.05, 0) is 61.4 Å². The molecule has 1 amide bonds. The Morgan fingerprint density at radius 1 is 1.17 bits per heavy atom. The summed E-state index contributed by atoms with van der Waals surface area (Å²) >= 11 is 3.43. The van der Waals surface area contributed by atoms with Crippen molar-refractivity contribution in [2.45, 2.75) is 33.1 Å². The van der Waals surface area contributed by atoms with E-state index in [9.17, 15) is 9.59 Å². The minimum Gasteiger partial charge on any atom is -0.484 e. The van der Waals surface area contributed by atoms with E-state index in [0.717, 1.165) is 22.0 Å². The van der Waals surface area contributed by atoms with Crippen LogP contribution in [0.1, 0.15) is 43.1 Å². The maximum Gasteiger partial charge on any atom is 0.282 e. The number of carbonyl (C=O) groups is 1. The van der Waals surface area contributed by atoms with E-state index in [1.165, 1.54) is 4.68 Å². The number of nitrogens with zero attached hydrogens (tertiary/aromatic N) is 3. The van der Waals surface area contributed by atoms with Crippen LogP contribution in [-0.2, 0) is 4.79 Å². The van der Waals surface area contributed by atoms with E-state index >= 15 is 0 Å². The molecule has 0 aliphatic heterocycles. The molecule has 0 saturated heterocycles. The van der Waals surface area contributed by atoms with Crippen molar-refractivity contribution in [1.29, 1.82) is 0 Å². The number of carbonyl (C=O) groups excluding carboxylic acids is 1. The van der Waals surface area contributed by atoms with Crippen LogP contribution in [0.3, 0.4) is 0 Å². The number of fused-ring (bicyclic) bond motifs is 1. The maximum absolute atomic E-state index is 13.3. The van der Waals surface area contributed by atoms with Crippen LogP contribution >= 0.6 is 15.9 Å². The lowest BCUT2D eigenvalue weighted by atomic mass is 10.1. The van der Waals surface area contributed by atoms with Crippen molar-refractivity contribution in [1.82, 2.24) is 9.66 Å². The molecule has 7 nitrogen and oxygen atoms in total. The van der Waals surface area contributed by atoms with E-state index in [1.807, 2.05) is 69.3 Å². The Morgan fingerprint density at radius 2 is 1.94 bits per heavy atom. The molecule has 0 saturated carbocycles. The fourth-order valence-corrected chi connectivity index (χ4v) is 3.93. The largest absolute Gasteiger partial charge is 0.484 e. The van der Waals surface area contributed by atoms with Crippen LogP contribution in [0.2, 0.25) is 0 Å². The number of hydrogen-bond acceptors (Lipinski definition) is 5. The zero-order valence-electron chi connectivity index (χ0n) is 20.4. The third-order valence-electron chi connectivity index (χ3n) is 5.77. The minimum absolute atomic E-state index is 0.0459. The van der Waals surface area contributed by atoms with Crippen LogP contribution in [0, 0.1) is 6.92 Å². The number of anilines is 1. The van der Waals surface area contributed by atoms with Gasteiger partial charge in [-0.3, -0.25) is 9.59 Å². The number of rotatable bonds is 8. The summed E-state index contributed by atoms with van der Waals surface area (Å²) in [6, 6.07) is 20.2. The lowest BCUT2D eigenvalue weighted by Crippen LogP contribution is -2.23. The Balaban J connectivity index is 1.53. The van der Waals surface area contributed by atoms with E-state index in [4.69, 9.17) is 9.72 Å². The van der Waals surface area contributed by atoms with Gasteiger partial charge in [-0.15, -0.1) is 0 Å². The van der Waals surface area contributed by atoms with E-state index in [1.54, 1.807) is 24.4 Å². The molecular formula is C28H27BrN4O3. The third kappa shape index (κ3) is 6.07. The molecule has 8 heteroatoms. The van der Waals surface area contributed by atoms with Crippen molar-refractivity contribution in [3.63, 3.8) is 0 Å². The predicted molar refractivity (Wildman–Crippen MR) is 147 cm³/mol. The van der Waals surface area contributed by atoms with Crippen LogP contribution in [0.25, 0.3) is 10.9 Å². The maximum atomic E-state index is 13.3. The lowest BCUT2D eigenvalue weighted by molar-refractivity contribution is -0.118. The van der Waals surface area contributed by atoms with Crippen molar-refractivity contribution < 1.29 is 9.53 Å². The van der Waals surface area contributed by atoms with Gasteiger partial charge in [-0.2, -0.15) is 9.78 Å². The standard InChI is InChI=1S/C28H27BrN4O3/c1-4-19(3)27-32-25-13-10-21(29)15-24(25)28(35)33(27)30-16-20-6-5-7-23(14-20)36-17-26(34)31-22-11-8-18(2)9-12-22/h5-16,19H,4,17H2,1-3H3,(H,31,34)/t19-/m0/s1. The third-order valence-corrected chi connectivity index (χ3v) is 6.27. The molecule has 0 fully saturated rings. The van der Waals surface area contributed by atoms with Gasteiger partial charge in [0.2, 0.25) is 0 Å². The summed E-state index contributed by atoms with van der Waals surface area (Å²) in [6.07, 6.45) is 2.41. The van der Waals surface area contributed by atoms with Gasteiger partial charge in [0.1, 0.15) is 11.6 Å². The highest BCUT2D eigenvalue weighted by Gasteiger charge is 2.15. The molecule has 0 radical (unpaired) electrons. The summed E-state index contributed by atoms with van der Waals surface area (Å²) < 4.78 is 7.84. The fraction of sp³-hybridized carbons (Fsp3) is 0.214. The van der Waals surface area contributed by atoms with Gasteiger partial charge in [-0.1, -0.05) is 59.6 Å². The smallest absolute Gasteiger partial charge is 0.282 e. The number of hydrogen-bond donors (Lipinski definition) is 1. The van der Waals surface area contributed by atoms with Crippen molar-refractivity contribution in [3.05, 3.63) is 98.5 Å². The van der Waals surface area contributed by atoms with Crippen molar-refractivity contribution in [2.75, 3.05) is 11.9 Å². The number of ether oxygens (including phenoxy) is 1. The summed E-state index contributed by atoms with van der Waals surface area (Å²) in [6.45, 7) is 5.93. The second-order valence-corrected chi connectivity index (χ2v) is 9.49. The molecule has 0 spiro atoms. The monoisotopic (exact) mass is 546 g/mol. The van der Waals surface area contributed by atoms with Crippen LogP contribution in [0.4, 0.5) is 5.69 Å². The van der Waals surface area contributed by atoms with Gasteiger partial charge in [0.25, 0.3) is 11.5 Å². The summed E-state index contributed by atoms with van der Waals surface area (Å²) in [7, 11) is 0. The molecule has 0 unspecified atom stereocenters. The quantitative estimate of drug-likeness (QED) is 0.279. The normalized spacial score (nSPS) is 12.1. The Labute approximate surface area is 218 Å². The molecule has 3 aromatic carbocycles. The number of aromatic nitrogens is 2. The fourth-order valence-electron chi connectivity index (χ4n) is 3.57. The number of halogens is 1. The Hall–Kier alpha value is -3.78. The van der Waals surface area contributed by atoms with Crippen molar-refractivity contribution >= 4 is 44.6 Å². The van der Waals surface area contributed by atoms with Crippen molar-refractivity contribution in [3.8, 4) is 5.75 Å². The lowest BCUT2D eigenvalue weighted by Gasteiger charge is -2.14. The molecule has 1 heterocycles. The van der Waals surface area contributed by atoms with Crippen LogP contribution in [0.15, 0.2) is 81.1 Å². The first-order chi connectivity index (χ1) is 17.3. The van der Waals surface area contributed by atoms with Gasteiger partial charge in [0.15, 0.2) is 6.61 Å². The average Bonchev–Trinajstić information content (AvgIpc) is 2.88. The summed E-state index contributed by atoms with van der Waals surface area (Å²) in [5.41, 5.74) is 2.97. The van der Waals surface area contributed by atoms with E-state index in [0.29, 0.717) is 28.2 Å². The zero-order chi connectivity index (χ0) is 25.7. The minimum atomic E-state index is -0.254. The number of aryl methyl sites for hydroxylation is 1. The van der Waals surface area contributed by atoms with Crippen LogP contribution < -0.4 is 15.6 Å². The first-order valence-electron chi connectivity index (χ1n) is 11.7. The summed E-state index contributed by atoms with van der Waals surface area (Å²) in [5.74, 6) is 0.919. The molecule has 1 aromatic heterocycles. The second kappa shape index (κ2) is 11.3. The molecule has 1 atom stereocenters. The first-order valence-corrected chi connectivity index (χ1v) is 12.5. The Bertz CT molecular complexity index is 1480. The molecular weight excluding hydrogens is 520 g/mol. The Morgan fingerprint density at radius 3 is 2.69 bits per heavy atom. The van der Waals surface area contributed by atoms with Gasteiger partial charge in [0, 0.05) is 16.1 Å². The number of benzene rings is 3. The molecule has 1 N–H and O–H groups in total. The van der Waals surface area contributed by atoms with Gasteiger partial charge in [0.05, 0.1) is 17.1 Å². The predicted octanol–water partition coefficient (Wildman–Crippen LogP) is 5.88. The van der Waals surface area contributed by atoms with Crippen LogP contribution in [-0.4, -0.2) is 28.4 Å². The van der Waals surface area contributed by atoms with Crippen molar-refractivity contribution in [2.24, 2.45) is 5.10 Å². The molecule has 0 bridgehead atoms. The second-order valence-electron chi connectivity index (χ2n) is 8.58. The molecule has 4 aromatic rings. The van der Waals surface area contributed by atoms with E-state index in [-0.39, 0.29) is 24.0 Å². The summed E-state index contributed by atoms with van der Waals surface area (Å²) in [5, 5.41) is 7.79. The van der Waals surface area contributed by atoms with E-state index in [2.05, 4.69) is 26.3 Å². The van der Waals surface area contributed by atoms with E-state index < -0.39 is 0 Å². The Kier molecular flexibility index (Phi) is 7.95. The van der Waals surface area contributed by atoms with Gasteiger partial charge < -0.3 is 10.1 Å². The van der Waals surface area contributed by atoms with Crippen LogP contribution in [0.5, 0.6) is 5.75 Å². The highest BCUT2D eigenvalue weighted by atomic mass is 79.9. The molecule has 0 aliphatic rings. The van der Waals surface area contributed by atoms with Gasteiger partial charge in [-0.25, -0.2) is 4.98 Å². The molecule has 0 aliphatic carbocycles. The number of nitrogens with one attached hydrogen (secondary N) is 1. The zero-order valence-corrected chi connectivity index (χ0v) is 22.0. The molecule has 184 valence electrons. The average molecular weight is 547 g/mol. The first kappa shape index (κ1) is 25.3. The topological polar surface area (TPSA) is 85.6 Å². The molecule has 4 rings (SSSR count). The highest BCUT2D eigenvalue weighted by molar-refractivity contribution is 9.10.